The van der Waals surface area contributed by atoms with Crippen molar-refractivity contribution in [2.24, 2.45) is 33.9 Å². The van der Waals surface area contributed by atoms with Gasteiger partial charge in [-0.3, -0.25) is 38.8 Å². The van der Waals surface area contributed by atoms with Crippen LogP contribution in [0.5, 0.6) is 0 Å². The van der Waals surface area contributed by atoms with Crippen LogP contribution < -0.4 is 0 Å². The molecule has 0 spiro atoms. The normalized spacial score (nSPS) is 45.0. The Morgan fingerprint density at radius 1 is 0.378 bits per heavy atom. The predicted octanol–water partition coefficient (Wildman–Crippen LogP) is -6.43. The molecule has 16 unspecified atom stereocenters. The number of fused-ring (bicyclic) bond motifs is 4. The average molecular weight is 1060 g/mol. The third-order valence-corrected chi connectivity index (χ3v) is 15.3. The molecule has 8 fully saturated rings. The summed E-state index contributed by atoms with van der Waals surface area (Å²) in [4.78, 5) is 56.7. The summed E-state index contributed by atoms with van der Waals surface area (Å²) in [6.07, 6.45) is -2.18. The summed E-state index contributed by atoms with van der Waals surface area (Å²) in [5, 5.41) is 160. The number of unbranched alkanes of at least 4 members (excludes halogenated alkanes) is 2. The van der Waals surface area contributed by atoms with Crippen LogP contribution in [0, 0.1) is 48.4 Å². The third kappa shape index (κ3) is 12.5. The Hall–Kier alpha value is -5.02. The van der Waals surface area contributed by atoms with Gasteiger partial charge in [0, 0.05) is 59.9 Å². The van der Waals surface area contributed by atoms with Gasteiger partial charge in [-0.15, -0.1) is 24.7 Å². The van der Waals surface area contributed by atoms with Crippen molar-refractivity contribution in [2.45, 2.75) is 160 Å². The minimum Gasteiger partial charge on any atom is -0.481 e. The minimum absolute atomic E-state index is 0.283. The Morgan fingerprint density at radius 2 is 0.595 bits per heavy atom. The van der Waals surface area contributed by atoms with Gasteiger partial charge in [-0.25, -0.2) is 0 Å². The number of azide groups is 2. The van der Waals surface area contributed by atoms with Crippen LogP contribution in [0.1, 0.15) is 38.5 Å². The van der Waals surface area contributed by atoms with Gasteiger partial charge in [-0.1, -0.05) is 10.2 Å². The number of hydrogen-bond donors (Lipinski definition) is 16. The zero-order chi connectivity index (χ0) is 55.2. The van der Waals surface area contributed by atoms with Crippen LogP contribution in [0.2, 0.25) is 0 Å². The second-order valence-electron chi connectivity index (χ2n) is 19.5. The molecular weight excluding hydrogens is 989 g/mol. The van der Waals surface area contributed by atoms with Crippen LogP contribution in [0.4, 0.5) is 0 Å². The first-order chi connectivity index (χ1) is 35.0. The largest absolute Gasteiger partial charge is 0.481 e. The fourth-order valence-corrected chi connectivity index (χ4v) is 11.6. The number of aliphatic carboxylic acids is 4. The van der Waals surface area contributed by atoms with E-state index in [1.807, 2.05) is 0 Å². The molecule has 0 amide bonds. The Morgan fingerprint density at radius 3 is 0.784 bits per heavy atom. The molecule has 0 bridgehead atoms. The van der Waals surface area contributed by atoms with Gasteiger partial charge in [0.25, 0.3) is 0 Å². The molecule has 0 radical (unpaired) electrons. The number of rotatable bonds is 18. The summed E-state index contributed by atoms with van der Waals surface area (Å²) >= 11 is 0. The van der Waals surface area contributed by atoms with E-state index in [9.17, 15) is 80.5 Å². The van der Waals surface area contributed by atoms with Crippen LogP contribution in [0.15, 0.2) is 10.2 Å². The van der Waals surface area contributed by atoms with Crippen molar-refractivity contribution in [1.82, 2.24) is 19.6 Å². The number of nitrogens with zero attached hydrogens (tertiary/aromatic N) is 10. The van der Waals surface area contributed by atoms with E-state index in [2.05, 4.69) is 31.9 Å². The molecule has 4 aliphatic heterocycles. The van der Waals surface area contributed by atoms with E-state index in [0.717, 1.165) is 0 Å². The molecule has 8 aliphatic rings. The number of carbonyl (C=O) groups is 4. The smallest absolute Gasteiger partial charge is 0.310 e. The van der Waals surface area contributed by atoms with Gasteiger partial charge in [-0.05, 0) is 62.9 Å². The summed E-state index contributed by atoms with van der Waals surface area (Å²) in [5.41, 5.74) is 16.3. The molecule has 28 atom stereocenters. The van der Waals surface area contributed by atoms with Crippen LogP contribution >= 0.6 is 0 Å². The minimum atomic E-state index is -1.48. The molecule has 412 valence electrons. The summed E-state index contributed by atoms with van der Waals surface area (Å²) in [7, 11) is 0. The van der Waals surface area contributed by atoms with Gasteiger partial charge in [0.1, 0.15) is 48.1 Å². The van der Waals surface area contributed by atoms with Crippen LogP contribution in [0.25, 0.3) is 20.9 Å². The number of carboxylic acids is 4. The Labute approximate surface area is 422 Å². The summed E-state index contributed by atoms with van der Waals surface area (Å²) in [6, 6.07) is -3.45. The lowest BCUT2D eigenvalue weighted by Crippen LogP contribution is -2.53. The highest BCUT2D eigenvalue weighted by Gasteiger charge is 2.69. The van der Waals surface area contributed by atoms with Gasteiger partial charge in [0.15, 0.2) is 0 Å². The van der Waals surface area contributed by atoms with E-state index in [1.165, 1.54) is 0 Å². The molecular formula is C44H66N10O20. The van der Waals surface area contributed by atoms with Crippen molar-refractivity contribution in [3.05, 3.63) is 20.9 Å². The van der Waals surface area contributed by atoms with E-state index in [4.69, 9.17) is 44.3 Å². The standard InChI is InChI=1S/2C12H17NO5.2C10H16N4O5/c2*1-2-3-4-5-13-7-6(12(17)18)9(14)11(16)10(15)8(7)13;2*11-13-12-2-1-3-14-5-4(10(18)19)7(15)9(17)8(16)6(5)14/h2*1,6-11,14-16H,3-5H2,(H,17,18);2*4-9,15-17H,1-3H2,(H,18,19)/t6-,7+,8+,9+,10-,11-,13?;;4-,5+,6+,7+,8-,9-,14?;/m0.0./s1. The van der Waals surface area contributed by atoms with Gasteiger partial charge in [-0.2, -0.15) is 0 Å². The number of hydrogen-bond acceptors (Lipinski definition) is 22. The molecule has 4 heterocycles. The molecule has 4 saturated heterocycles. The zero-order valence-corrected chi connectivity index (χ0v) is 39.8. The Balaban J connectivity index is 0.000000183. The highest BCUT2D eigenvalue weighted by molar-refractivity contribution is 5.75. The lowest BCUT2D eigenvalue weighted by atomic mass is 9.83. The Kier molecular flexibility index (Phi) is 20.8. The van der Waals surface area contributed by atoms with Crippen molar-refractivity contribution in [3.63, 3.8) is 0 Å². The summed E-state index contributed by atoms with van der Waals surface area (Å²) in [5.74, 6) is -4.03. The molecule has 4 aliphatic carbocycles. The van der Waals surface area contributed by atoms with E-state index in [-0.39, 0.29) is 25.2 Å². The second kappa shape index (κ2) is 25.7. The topological polar surface area (TPSA) is 502 Å². The summed E-state index contributed by atoms with van der Waals surface area (Å²) in [6.45, 7) is 2.61. The Bertz CT molecular complexity index is 2030. The van der Waals surface area contributed by atoms with Crippen LogP contribution in [-0.2, 0) is 19.2 Å². The van der Waals surface area contributed by atoms with E-state index >= 15 is 0 Å². The number of aliphatic hydroxyl groups is 12. The summed E-state index contributed by atoms with van der Waals surface area (Å²) < 4.78 is 0. The van der Waals surface area contributed by atoms with Crippen LogP contribution in [0.3, 0.4) is 0 Å². The maximum Gasteiger partial charge on any atom is 0.310 e. The van der Waals surface area contributed by atoms with Crippen molar-refractivity contribution in [3.8, 4) is 24.7 Å². The lowest BCUT2D eigenvalue weighted by Gasteiger charge is -2.30. The fraction of sp³-hybridized carbons (Fsp3) is 0.818. The SMILES string of the molecule is C#CCCCN1C2C(O)C(O)C(O)C(C(=O)O)C21.C#CCCCN1[C@@H]2[C@H](C(=O)O)[C@@H](O)[C@H](O)[C@@H](O)[C@@H]21.[N-]=[N+]=NCCCN1C2C(O)C(O)C(O)C(C(=O)O)C21.[N-]=[N+]=NCCCN1[C@@H]2[C@H](C(=O)O)[C@@H](O)[C@H](O)[C@@H](O)[C@@H]21. The molecule has 30 heteroatoms. The first kappa shape index (κ1) is 59.9. The van der Waals surface area contributed by atoms with Gasteiger partial charge >= 0.3 is 23.9 Å². The van der Waals surface area contributed by atoms with Crippen molar-refractivity contribution >= 4 is 23.9 Å². The van der Waals surface area contributed by atoms with E-state index in [0.29, 0.717) is 64.7 Å². The first-order valence-electron chi connectivity index (χ1n) is 24.0. The number of aliphatic hydroxyl groups excluding tert-OH is 12. The lowest BCUT2D eigenvalue weighted by molar-refractivity contribution is -0.157. The number of likely N-dealkylation sites (tertiary alicyclic amines) is 4. The molecule has 0 aromatic heterocycles. The van der Waals surface area contributed by atoms with Gasteiger partial charge in [0.2, 0.25) is 0 Å². The quantitative estimate of drug-likeness (QED) is 0.0152. The highest BCUT2D eigenvalue weighted by atomic mass is 16.4. The van der Waals surface area contributed by atoms with Crippen molar-refractivity contribution in [2.75, 3.05) is 39.3 Å². The van der Waals surface area contributed by atoms with Gasteiger partial charge in [0.05, 0.1) is 73.0 Å². The molecule has 74 heavy (non-hydrogen) atoms. The van der Waals surface area contributed by atoms with Crippen molar-refractivity contribution in [1.29, 1.82) is 0 Å². The molecule has 16 N–H and O–H groups in total. The molecule has 0 aromatic rings. The average Bonchev–Trinajstić information content (AvgIpc) is 4.26. The molecule has 8 rings (SSSR count). The molecule has 30 nitrogen and oxygen atoms in total. The first-order valence-corrected chi connectivity index (χ1v) is 24.0. The van der Waals surface area contributed by atoms with Crippen LogP contribution in [-0.4, -0.2) is 286 Å². The maximum absolute atomic E-state index is 11.1. The van der Waals surface area contributed by atoms with Crippen molar-refractivity contribution < 1.29 is 101 Å². The van der Waals surface area contributed by atoms with E-state index < -0.39 is 157 Å². The monoisotopic (exact) mass is 1050 g/mol. The second-order valence-corrected chi connectivity index (χ2v) is 19.5. The molecule has 4 saturated carbocycles. The third-order valence-electron chi connectivity index (χ3n) is 15.3. The van der Waals surface area contributed by atoms with Gasteiger partial charge < -0.3 is 81.7 Å². The zero-order valence-electron chi connectivity index (χ0n) is 39.8. The predicted molar refractivity (Wildman–Crippen MR) is 247 cm³/mol. The maximum atomic E-state index is 11.1. The highest BCUT2D eigenvalue weighted by Crippen LogP contribution is 2.48. The number of terminal acetylenes is 2. The van der Waals surface area contributed by atoms with E-state index in [1.54, 1.807) is 19.6 Å². The number of carboxylic acid groups (broad SMARTS) is 4. The fourth-order valence-electron chi connectivity index (χ4n) is 11.6. The molecule has 0 aromatic carbocycles.